The molecule has 0 aliphatic heterocycles. The second-order valence-corrected chi connectivity index (χ2v) is 5.72. The van der Waals surface area contributed by atoms with E-state index in [9.17, 15) is 0 Å². The van der Waals surface area contributed by atoms with Gasteiger partial charge in [0.15, 0.2) is 0 Å². The smallest absolute Gasteiger partial charge is 0.202 e. The molecule has 0 saturated carbocycles. The van der Waals surface area contributed by atoms with Crippen LogP contribution in [0.15, 0.2) is 12.4 Å². The van der Waals surface area contributed by atoms with Crippen molar-refractivity contribution < 1.29 is 0 Å². The number of anilines is 1. The Bertz CT molecular complexity index is 299. The zero-order valence-corrected chi connectivity index (χ0v) is 12.1. The molecule has 0 aliphatic carbocycles. The van der Waals surface area contributed by atoms with Crippen molar-refractivity contribution in [1.82, 2.24) is 9.55 Å². The van der Waals surface area contributed by atoms with Crippen LogP contribution in [-0.4, -0.2) is 27.1 Å². The summed E-state index contributed by atoms with van der Waals surface area (Å²) in [6.07, 6.45) is 7.57. The molecule has 0 aromatic carbocycles. The van der Waals surface area contributed by atoms with Gasteiger partial charge in [-0.1, -0.05) is 20.3 Å². The molecule has 4 heteroatoms. The first-order valence-corrected chi connectivity index (χ1v) is 7.78. The molecule has 0 spiro atoms. The van der Waals surface area contributed by atoms with Crippen LogP contribution in [0.5, 0.6) is 0 Å². The molecule has 0 fully saturated rings. The third-order valence-electron chi connectivity index (χ3n) is 2.74. The van der Waals surface area contributed by atoms with Crippen molar-refractivity contribution in [2.45, 2.75) is 52.6 Å². The minimum atomic E-state index is 0.497. The number of aryl methyl sites for hydroxylation is 1. The Balaban J connectivity index is 2.36. The number of aromatic nitrogens is 2. The molecule has 1 N–H and O–H groups in total. The van der Waals surface area contributed by atoms with E-state index in [-0.39, 0.29) is 0 Å². The lowest BCUT2D eigenvalue weighted by Gasteiger charge is -2.15. The summed E-state index contributed by atoms with van der Waals surface area (Å²) in [5, 5.41) is 3.50. The monoisotopic (exact) mass is 255 g/mol. The number of rotatable bonds is 9. The van der Waals surface area contributed by atoms with Crippen molar-refractivity contribution in [2.75, 3.05) is 16.8 Å². The Kier molecular flexibility index (Phi) is 7.17. The first-order valence-electron chi connectivity index (χ1n) is 6.63. The van der Waals surface area contributed by atoms with E-state index in [0.717, 1.165) is 12.5 Å². The van der Waals surface area contributed by atoms with Crippen molar-refractivity contribution in [2.24, 2.45) is 0 Å². The van der Waals surface area contributed by atoms with Gasteiger partial charge in [-0.15, -0.1) is 0 Å². The fraction of sp³-hybridized carbons (Fsp3) is 0.769. The highest BCUT2D eigenvalue weighted by Gasteiger charge is 2.06. The summed E-state index contributed by atoms with van der Waals surface area (Å²) in [5.41, 5.74) is 0. The fourth-order valence-electron chi connectivity index (χ4n) is 1.66. The molecular weight excluding hydrogens is 230 g/mol. The second-order valence-electron chi connectivity index (χ2n) is 4.33. The van der Waals surface area contributed by atoms with Gasteiger partial charge in [0, 0.05) is 25.0 Å². The second kappa shape index (κ2) is 8.45. The molecule has 1 heterocycles. The molecule has 1 aromatic rings. The molecule has 98 valence electrons. The molecule has 1 aromatic heterocycles. The Morgan fingerprint density at radius 3 is 3.00 bits per heavy atom. The van der Waals surface area contributed by atoms with Crippen LogP contribution in [0.2, 0.25) is 0 Å². The lowest BCUT2D eigenvalue weighted by molar-refractivity contribution is 0.627. The van der Waals surface area contributed by atoms with Crippen LogP contribution < -0.4 is 5.32 Å². The molecule has 17 heavy (non-hydrogen) atoms. The van der Waals surface area contributed by atoms with E-state index in [0.29, 0.717) is 6.04 Å². The van der Waals surface area contributed by atoms with Gasteiger partial charge in [0.05, 0.1) is 0 Å². The number of imidazole rings is 1. The van der Waals surface area contributed by atoms with Crippen molar-refractivity contribution >= 4 is 17.7 Å². The van der Waals surface area contributed by atoms with Gasteiger partial charge in [0.2, 0.25) is 5.95 Å². The van der Waals surface area contributed by atoms with E-state index >= 15 is 0 Å². The third-order valence-corrected chi connectivity index (χ3v) is 3.68. The largest absolute Gasteiger partial charge is 0.353 e. The highest BCUT2D eigenvalue weighted by molar-refractivity contribution is 7.99. The van der Waals surface area contributed by atoms with Crippen molar-refractivity contribution in [3.63, 3.8) is 0 Å². The van der Waals surface area contributed by atoms with E-state index in [4.69, 9.17) is 0 Å². The predicted octanol–water partition coefficient (Wildman–Crippen LogP) is 3.63. The Morgan fingerprint density at radius 1 is 1.47 bits per heavy atom. The molecule has 1 rings (SSSR count). The van der Waals surface area contributed by atoms with Gasteiger partial charge in [0.1, 0.15) is 0 Å². The number of thioether (sulfide) groups is 1. The van der Waals surface area contributed by atoms with Gasteiger partial charge >= 0.3 is 0 Å². The van der Waals surface area contributed by atoms with Gasteiger partial charge < -0.3 is 9.88 Å². The Morgan fingerprint density at radius 2 is 2.29 bits per heavy atom. The van der Waals surface area contributed by atoms with E-state index in [2.05, 4.69) is 41.8 Å². The summed E-state index contributed by atoms with van der Waals surface area (Å²) in [4.78, 5) is 4.38. The maximum atomic E-state index is 4.38. The number of hydrogen-bond acceptors (Lipinski definition) is 3. The van der Waals surface area contributed by atoms with E-state index in [1.165, 1.54) is 30.8 Å². The zero-order valence-electron chi connectivity index (χ0n) is 11.3. The molecule has 1 atom stereocenters. The van der Waals surface area contributed by atoms with Crippen molar-refractivity contribution in [3.05, 3.63) is 12.4 Å². The third kappa shape index (κ3) is 5.48. The Labute approximate surface area is 109 Å². The average Bonchev–Trinajstić information content (AvgIpc) is 2.74. The molecule has 0 aliphatic rings. The highest BCUT2D eigenvalue weighted by atomic mass is 32.2. The molecule has 0 saturated heterocycles. The first-order chi connectivity index (χ1) is 8.27. The quantitative estimate of drug-likeness (QED) is 0.683. The molecule has 0 amide bonds. The molecule has 1 unspecified atom stereocenters. The van der Waals surface area contributed by atoms with E-state index in [1.807, 2.05) is 18.0 Å². The standard InChI is InChI=1S/C13H25N3S/c1-4-6-9-16-10-8-14-13(16)15-12(3)7-11-17-5-2/h8,10,12H,4-7,9,11H2,1-3H3,(H,14,15). The maximum absolute atomic E-state index is 4.38. The predicted molar refractivity (Wildman–Crippen MR) is 77.8 cm³/mol. The molecular formula is C13H25N3S. The van der Waals surface area contributed by atoms with E-state index in [1.54, 1.807) is 0 Å². The molecule has 3 nitrogen and oxygen atoms in total. The number of nitrogens with zero attached hydrogens (tertiary/aromatic N) is 2. The normalized spacial score (nSPS) is 12.6. The van der Waals surface area contributed by atoms with Gasteiger partial charge in [0.25, 0.3) is 0 Å². The zero-order chi connectivity index (χ0) is 12.5. The van der Waals surface area contributed by atoms with Crippen LogP contribution in [0, 0.1) is 0 Å². The summed E-state index contributed by atoms with van der Waals surface area (Å²) in [6.45, 7) is 7.72. The van der Waals surface area contributed by atoms with Crippen molar-refractivity contribution in [3.8, 4) is 0 Å². The fourth-order valence-corrected chi connectivity index (χ4v) is 2.46. The highest BCUT2D eigenvalue weighted by Crippen LogP contribution is 2.11. The molecule has 0 radical (unpaired) electrons. The summed E-state index contributed by atoms with van der Waals surface area (Å²) < 4.78 is 2.22. The SMILES string of the molecule is CCCCn1ccnc1NC(C)CCSCC. The number of unbranched alkanes of at least 4 members (excludes halogenated alkanes) is 1. The van der Waals surface area contributed by atoms with Crippen LogP contribution >= 0.6 is 11.8 Å². The van der Waals surface area contributed by atoms with Crippen LogP contribution in [0.4, 0.5) is 5.95 Å². The average molecular weight is 255 g/mol. The summed E-state index contributed by atoms with van der Waals surface area (Å²) >= 11 is 2.00. The summed E-state index contributed by atoms with van der Waals surface area (Å²) in [5.74, 6) is 3.45. The topological polar surface area (TPSA) is 29.9 Å². The van der Waals surface area contributed by atoms with Crippen LogP contribution in [0.25, 0.3) is 0 Å². The van der Waals surface area contributed by atoms with Gasteiger partial charge in [-0.2, -0.15) is 11.8 Å². The Hall–Kier alpha value is -0.640. The van der Waals surface area contributed by atoms with Crippen LogP contribution in [0.3, 0.4) is 0 Å². The lowest BCUT2D eigenvalue weighted by atomic mass is 10.3. The van der Waals surface area contributed by atoms with Gasteiger partial charge in [-0.25, -0.2) is 4.98 Å². The van der Waals surface area contributed by atoms with E-state index < -0.39 is 0 Å². The minimum absolute atomic E-state index is 0.497. The summed E-state index contributed by atoms with van der Waals surface area (Å²) in [6, 6.07) is 0.497. The van der Waals surface area contributed by atoms with Crippen LogP contribution in [-0.2, 0) is 6.54 Å². The maximum Gasteiger partial charge on any atom is 0.202 e. The lowest BCUT2D eigenvalue weighted by Crippen LogP contribution is -2.19. The molecule has 0 bridgehead atoms. The van der Waals surface area contributed by atoms with Crippen molar-refractivity contribution in [1.29, 1.82) is 0 Å². The minimum Gasteiger partial charge on any atom is -0.353 e. The number of nitrogens with one attached hydrogen (secondary N) is 1. The summed E-state index contributed by atoms with van der Waals surface area (Å²) in [7, 11) is 0. The number of hydrogen-bond donors (Lipinski definition) is 1. The van der Waals surface area contributed by atoms with Gasteiger partial charge in [-0.3, -0.25) is 0 Å². The van der Waals surface area contributed by atoms with Gasteiger partial charge in [-0.05, 0) is 31.3 Å². The first kappa shape index (κ1) is 14.4. The van der Waals surface area contributed by atoms with Crippen LogP contribution in [0.1, 0.15) is 40.0 Å².